The van der Waals surface area contributed by atoms with Gasteiger partial charge in [-0.05, 0) is 25.3 Å². The summed E-state index contributed by atoms with van der Waals surface area (Å²) in [6.07, 6.45) is 6.72. The molecule has 0 amide bonds. The molecule has 2 aromatic heterocycles. The predicted molar refractivity (Wildman–Crippen MR) is 87.6 cm³/mol. The van der Waals surface area contributed by atoms with E-state index in [1.54, 1.807) is 23.0 Å². The van der Waals surface area contributed by atoms with Crippen LogP contribution in [0.15, 0.2) is 24.5 Å². The molecule has 3 heterocycles. The minimum Gasteiger partial charge on any atom is -0.454 e. The highest BCUT2D eigenvalue weighted by Crippen LogP contribution is 2.38. The van der Waals surface area contributed by atoms with Crippen molar-refractivity contribution >= 4 is 17.4 Å². The lowest BCUT2D eigenvalue weighted by molar-refractivity contribution is -0.128. The number of nitrogens with zero attached hydrogens (tertiary/aromatic N) is 3. The molecule has 4 rings (SSSR count). The lowest BCUT2D eigenvalue weighted by Gasteiger charge is -2.24. The molecule has 1 saturated heterocycles. The summed E-state index contributed by atoms with van der Waals surface area (Å²) in [5.74, 6) is 1.81. The average Bonchev–Trinajstić information content (AvgIpc) is 2.97. The van der Waals surface area contributed by atoms with Crippen LogP contribution >= 0.6 is 11.6 Å². The number of halogens is 1. The molecule has 24 heavy (non-hydrogen) atoms. The third-order valence-electron chi connectivity index (χ3n) is 4.61. The number of hydrogen-bond donors (Lipinski definition) is 0. The molecule has 2 aromatic rings. The van der Waals surface area contributed by atoms with Crippen molar-refractivity contribution in [3.05, 3.63) is 35.4 Å². The predicted octanol–water partition coefficient (Wildman–Crippen LogP) is 3.52. The third-order valence-corrected chi connectivity index (χ3v) is 4.82. The molecule has 1 saturated carbocycles. The Morgan fingerprint density at radius 2 is 2.12 bits per heavy atom. The van der Waals surface area contributed by atoms with Crippen molar-refractivity contribution in [3.8, 4) is 11.5 Å². The quantitative estimate of drug-likeness (QED) is 0.792. The normalized spacial score (nSPS) is 21.5. The van der Waals surface area contributed by atoms with Gasteiger partial charge in [-0.15, -0.1) is 0 Å². The van der Waals surface area contributed by atoms with Crippen molar-refractivity contribution in [1.29, 1.82) is 0 Å². The monoisotopic (exact) mass is 347 g/mol. The minimum absolute atomic E-state index is 0.151. The number of carbonyl (C=O) groups excluding carboxylic acids is 1. The molecule has 0 radical (unpaired) electrons. The number of ketones is 1. The molecule has 1 unspecified atom stereocenters. The van der Waals surface area contributed by atoms with Crippen LogP contribution in [0.2, 0.25) is 5.15 Å². The fourth-order valence-electron chi connectivity index (χ4n) is 3.13. The van der Waals surface area contributed by atoms with E-state index in [0.29, 0.717) is 23.1 Å². The Morgan fingerprint density at radius 1 is 1.29 bits per heavy atom. The van der Waals surface area contributed by atoms with Crippen LogP contribution in [0.25, 0.3) is 0 Å². The molecule has 1 atom stereocenters. The van der Waals surface area contributed by atoms with E-state index in [0.717, 1.165) is 38.2 Å². The fourth-order valence-corrected chi connectivity index (χ4v) is 3.29. The molecular formula is C17H18ClN3O3. The Hall–Kier alpha value is -1.92. The number of ether oxygens (including phenoxy) is 2. The van der Waals surface area contributed by atoms with Gasteiger partial charge in [0.05, 0.1) is 6.20 Å². The number of Topliss-reactive ketones (excluding diaryl/α,β-unsaturated/α-hetero) is 1. The first kappa shape index (κ1) is 15.6. The Balaban J connectivity index is 1.65. The first-order valence-electron chi connectivity index (χ1n) is 8.19. The van der Waals surface area contributed by atoms with E-state index in [-0.39, 0.29) is 17.7 Å². The summed E-state index contributed by atoms with van der Waals surface area (Å²) >= 11 is 5.93. The van der Waals surface area contributed by atoms with Gasteiger partial charge in [0.2, 0.25) is 0 Å². The summed E-state index contributed by atoms with van der Waals surface area (Å²) in [5.41, 5.74) is 0.894. The second-order valence-corrected chi connectivity index (χ2v) is 6.57. The van der Waals surface area contributed by atoms with Crippen molar-refractivity contribution in [1.82, 2.24) is 14.8 Å². The molecule has 0 aromatic carbocycles. The highest BCUT2D eigenvalue weighted by molar-refractivity contribution is 6.29. The van der Waals surface area contributed by atoms with Crippen LogP contribution in [0.5, 0.6) is 11.5 Å². The zero-order chi connectivity index (χ0) is 16.5. The summed E-state index contributed by atoms with van der Waals surface area (Å²) in [4.78, 5) is 15.7. The van der Waals surface area contributed by atoms with Crippen LogP contribution in [0.3, 0.4) is 0 Å². The van der Waals surface area contributed by atoms with Gasteiger partial charge in [0.15, 0.2) is 11.5 Å². The van der Waals surface area contributed by atoms with Gasteiger partial charge in [-0.2, -0.15) is 5.10 Å². The van der Waals surface area contributed by atoms with Crippen molar-refractivity contribution in [3.63, 3.8) is 0 Å². The largest absolute Gasteiger partial charge is 0.454 e. The highest BCUT2D eigenvalue weighted by atomic mass is 35.5. The molecule has 0 spiro atoms. The third kappa shape index (κ3) is 3.03. The Labute approximate surface area is 144 Å². The Kier molecular flexibility index (Phi) is 4.24. The number of rotatable bonds is 4. The fraction of sp³-hybridized carbons (Fsp3) is 0.471. The SMILES string of the molecule is O=C1CCC1n1cc(Oc2ccnc(Cl)c2)c(C2CCOCC2)n1. The van der Waals surface area contributed by atoms with Crippen molar-refractivity contribution < 1.29 is 14.3 Å². The van der Waals surface area contributed by atoms with E-state index in [9.17, 15) is 4.79 Å². The average molecular weight is 348 g/mol. The first-order valence-corrected chi connectivity index (χ1v) is 8.57. The molecule has 2 fully saturated rings. The van der Waals surface area contributed by atoms with E-state index in [1.807, 2.05) is 6.20 Å². The lowest BCUT2D eigenvalue weighted by atomic mass is 9.91. The van der Waals surface area contributed by atoms with Gasteiger partial charge in [0, 0.05) is 37.8 Å². The van der Waals surface area contributed by atoms with E-state index in [1.165, 1.54) is 0 Å². The van der Waals surface area contributed by atoms with Gasteiger partial charge in [0.1, 0.15) is 22.6 Å². The number of pyridine rings is 1. The van der Waals surface area contributed by atoms with Gasteiger partial charge in [0.25, 0.3) is 0 Å². The summed E-state index contributed by atoms with van der Waals surface area (Å²) in [5, 5.41) is 5.07. The smallest absolute Gasteiger partial charge is 0.168 e. The molecule has 2 aliphatic rings. The molecule has 126 valence electrons. The Morgan fingerprint density at radius 3 is 2.79 bits per heavy atom. The van der Waals surface area contributed by atoms with E-state index in [4.69, 9.17) is 26.2 Å². The van der Waals surface area contributed by atoms with E-state index >= 15 is 0 Å². The summed E-state index contributed by atoms with van der Waals surface area (Å²) < 4.78 is 13.2. The van der Waals surface area contributed by atoms with Crippen LogP contribution in [0.4, 0.5) is 0 Å². The molecule has 7 heteroatoms. The molecule has 0 N–H and O–H groups in total. The summed E-state index contributed by atoms with van der Waals surface area (Å²) in [6, 6.07) is 3.27. The van der Waals surface area contributed by atoms with Crippen LogP contribution in [0.1, 0.15) is 43.3 Å². The zero-order valence-corrected chi connectivity index (χ0v) is 13.9. The molecule has 1 aliphatic carbocycles. The van der Waals surface area contributed by atoms with Crippen LogP contribution < -0.4 is 4.74 Å². The molecule has 1 aliphatic heterocycles. The van der Waals surface area contributed by atoms with Gasteiger partial charge in [-0.1, -0.05) is 11.6 Å². The van der Waals surface area contributed by atoms with Crippen LogP contribution in [0, 0.1) is 0 Å². The van der Waals surface area contributed by atoms with Gasteiger partial charge >= 0.3 is 0 Å². The Bertz CT molecular complexity index is 755. The second-order valence-electron chi connectivity index (χ2n) is 6.18. The standard InChI is InChI=1S/C17H18ClN3O3/c18-16-9-12(3-6-19-16)24-15-10-21(13-1-2-14(13)22)20-17(15)11-4-7-23-8-5-11/h3,6,9-11,13H,1-2,4-5,7-8H2. The topological polar surface area (TPSA) is 66.2 Å². The van der Waals surface area contributed by atoms with Gasteiger partial charge in [-0.25, -0.2) is 4.98 Å². The summed E-state index contributed by atoms with van der Waals surface area (Å²) in [6.45, 7) is 1.45. The lowest BCUT2D eigenvalue weighted by Crippen LogP contribution is -2.29. The maximum Gasteiger partial charge on any atom is 0.168 e. The number of aromatic nitrogens is 3. The first-order chi connectivity index (χ1) is 11.7. The van der Waals surface area contributed by atoms with Crippen molar-refractivity contribution in [2.45, 2.75) is 37.6 Å². The van der Waals surface area contributed by atoms with Crippen molar-refractivity contribution in [2.75, 3.05) is 13.2 Å². The summed E-state index contributed by atoms with van der Waals surface area (Å²) in [7, 11) is 0. The minimum atomic E-state index is -0.151. The molecule has 0 bridgehead atoms. The van der Waals surface area contributed by atoms with Crippen molar-refractivity contribution in [2.24, 2.45) is 0 Å². The zero-order valence-electron chi connectivity index (χ0n) is 13.2. The van der Waals surface area contributed by atoms with E-state index in [2.05, 4.69) is 4.98 Å². The highest BCUT2D eigenvalue weighted by Gasteiger charge is 2.33. The maximum absolute atomic E-state index is 11.8. The second kappa shape index (κ2) is 6.53. The molecular weight excluding hydrogens is 330 g/mol. The number of hydrogen-bond acceptors (Lipinski definition) is 5. The molecule has 6 nitrogen and oxygen atoms in total. The maximum atomic E-state index is 11.8. The van der Waals surface area contributed by atoms with Gasteiger partial charge in [-0.3, -0.25) is 9.48 Å². The van der Waals surface area contributed by atoms with Gasteiger partial charge < -0.3 is 9.47 Å². The van der Waals surface area contributed by atoms with E-state index < -0.39 is 0 Å². The van der Waals surface area contributed by atoms with Crippen LogP contribution in [-0.2, 0) is 9.53 Å². The van der Waals surface area contributed by atoms with Crippen LogP contribution in [-0.4, -0.2) is 33.8 Å². The number of carbonyl (C=O) groups is 1.